The third kappa shape index (κ3) is 8.81. The second-order valence-electron chi connectivity index (χ2n) is 13.1. The van der Waals surface area contributed by atoms with E-state index in [0.717, 1.165) is 55.1 Å². The lowest BCUT2D eigenvalue weighted by Crippen LogP contribution is -2.43. The minimum absolute atomic E-state index is 0.150. The van der Waals surface area contributed by atoms with E-state index in [2.05, 4.69) is 131 Å². The number of carbonyl (C=O) groups excluding carboxylic acids is 1. The summed E-state index contributed by atoms with van der Waals surface area (Å²) in [6.45, 7) is 23.3. The number of hydrogen-bond acceptors (Lipinski definition) is 5. The van der Waals surface area contributed by atoms with Gasteiger partial charge in [0.25, 0.3) is 5.91 Å². The number of hydrogen-bond donors (Lipinski definition) is 1. The van der Waals surface area contributed by atoms with Crippen molar-refractivity contribution in [1.29, 1.82) is 0 Å². The summed E-state index contributed by atoms with van der Waals surface area (Å²) in [5.41, 5.74) is 5.53. The Labute approximate surface area is 277 Å². The van der Waals surface area contributed by atoms with E-state index in [1.54, 1.807) is 0 Å². The first-order chi connectivity index (χ1) is 21.4. The topological polar surface area (TPSA) is 48.5 Å². The number of amides is 1. The first-order valence-corrected chi connectivity index (χ1v) is 18.8. The summed E-state index contributed by atoms with van der Waals surface area (Å²) < 4.78 is 0. The number of piperazine rings is 1. The summed E-state index contributed by atoms with van der Waals surface area (Å²) in [6.07, 6.45) is 0. The van der Waals surface area contributed by atoms with Crippen LogP contribution in [-0.2, 0) is 6.54 Å². The average Bonchev–Trinajstić information content (AvgIpc) is 3.46. The zero-order valence-corrected chi connectivity index (χ0v) is 30.2. The molecule has 1 fully saturated rings. The molecular weight excluding hydrogens is 593 g/mol. The van der Waals surface area contributed by atoms with Gasteiger partial charge in [0.05, 0.1) is 5.69 Å². The Bertz CT molecular complexity index is 1550. The molecule has 1 saturated heterocycles. The van der Waals surface area contributed by atoms with Crippen molar-refractivity contribution in [3.63, 3.8) is 0 Å². The summed E-state index contributed by atoms with van der Waals surface area (Å²) in [5.74, 6) is 10.4. The van der Waals surface area contributed by atoms with Crippen molar-refractivity contribution in [3.05, 3.63) is 70.1 Å². The lowest BCUT2D eigenvalue weighted by molar-refractivity contribution is 0.102. The lowest BCUT2D eigenvalue weighted by atomic mass is 10.0. The first kappa shape index (κ1) is 34.8. The number of likely N-dealkylation sites (N-methyl/N-ethyl adjacent to an activating group) is 1. The lowest BCUT2D eigenvalue weighted by Gasteiger charge is -2.46. The van der Waals surface area contributed by atoms with Gasteiger partial charge in [0.1, 0.15) is 0 Å². The van der Waals surface area contributed by atoms with Crippen molar-refractivity contribution in [2.75, 3.05) is 38.5 Å². The van der Waals surface area contributed by atoms with E-state index in [0.29, 0.717) is 26.4 Å². The van der Waals surface area contributed by atoms with Gasteiger partial charge in [0.2, 0.25) is 0 Å². The summed E-state index contributed by atoms with van der Waals surface area (Å²) >= 11 is 1.43. The molecule has 1 aliphatic heterocycles. The van der Waals surface area contributed by atoms with Crippen molar-refractivity contribution >= 4 is 32.4 Å². The van der Waals surface area contributed by atoms with Crippen molar-refractivity contribution in [2.45, 2.75) is 77.7 Å². The second kappa shape index (κ2) is 15.5. The summed E-state index contributed by atoms with van der Waals surface area (Å²) in [4.78, 5) is 22.7. The molecule has 0 bridgehead atoms. The molecule has 7 heteroatoms. The van der Waals surface area contributed by atoms with Crippen LogP contribution in [0.5, 0.6) is 0 Å². The van der Waals surface area contributed by atoms with Crippen LogP contribution < -0.4 is 5.32 Å². The molecule has 0 unspecified atom stereocenters. The Kier molecular flexibility index (Phi) is 12.0. The van der Waals surface area contributed by atoms with E-state index < -0.39 is 10.0 Å². The molecule has 1 amide bonds. The van der Waals surface area contributed by atoms with Gasteiger partial charge in [-0.25, -0.2) is 4.98 Å². The number of anilines is 1. The van der Waals surface area contributed by atoms with Gasteiger partial charge >= 0.3 is 0 Å². The number of benzene rings is 2. The molecule has 1 aromatic heterocycles. The zero-order chi connectivity index (χ0) is 32.7. The van der Waals surface area contributed by atoms with Crippen LogP contribution in [0.25, 0.3) is 11.3 Å². The highest BCUT2D eigenvalue weighted by molar-refractivity contribution is 8.38. The van der Waals surface area contributed by atoms with Crippen molar-refractivity contribution in [2.24, 2.45) is 5.92 Å². The molecule has 0 radical (unpaired) electrons. The predicted molar refractivity (Wildman–Crippen MR) is 196 cm³/mol. The fraction of sp³-hybridized carbons (Fsp3) is 0.474. The van der Waals surface area contributed by atoms with Crippen LogP contribution in [0.2, 0.25) is 0 Å². The SMILES string of the molecule is CC(C)C#Cc1ccc(-c2csc(NC(=O)c3ccc(CN4CCN(C)CC4)cc3)n2)cc1C#CS(C(C)C)(C(C)C)C(C)C. The normalized spacial score (nSPS) is 14.8. The highest BCUT2D eigenvalue weighted by Gasteiger charge is 2.33. The monoisotopic (exact) mass is 642 g/mol. The molecule has 0 spiro atoms. The van der Waals surface area contributed by atoms with Gasteiger partial charge in [0, 0.05) is 66.3 Å². The standard InChI is InChI=1S/C38H50N4OS2/c1-27(2)10-13-32-16-17-35(24-34(32)18-23-45(28(3)4,29(5)6)30(7)8)36-26-44-38(39-36)40-37(43)33-14-11-31(12-15-33)25-42-21-19-41(9)20-22-42/h11-12,14-17,24,26-30H,19-22,25H2,1-9H3,(H,39,40,43). The largest absolute Gasteiger partial charge is 0.304 e. The van der Waals surface area contributed by atoms with E-state index in [4.69, 9.17) is 4.98 Å². The Morgan fingerprint density at radius 3 is 2.13 bits per heavy atom. The molecule has 1 aliphatic rings. The van der Waals surface area contributed by atoms with E-state index in [9.17, 15) is 4.79 Å². The van der Waals surface area contributed by atoms with Crippen LogP contribution in [0.3, 0.4) is 0 Å². The quantitative estimate of drug-likeness (QED) is 0.252. The Hall–Kier alpha value is -3.07. The zero-order valence-electron chi connectivity index (χ0n) is 28.5. The molecule has 0 atom stereocenters. The smallest absolute Gasteiger partial charge is 0.257 e. The van der Waals surface area contributed by atoms with Gasteiger partial charge in [-0.3, -0.25) is 15.0 Å². The van der Waals surface area contributed by atoms with Crippen LogP contribution in [0.4, 0.5) is 5.13 Å². The maximum absolute atomic E-state index is 13.1. The van der Waals surface area contributed by atoms with Gasteiger partial charge in [-0.1, -0.05) is 91.4 Å². The molecule has 5 nitrogen and oxygen atoms in total. The van der Waals surface area contributed by atoms with E-state index in [1.165, 1.54) is 16.9 Å². The van der Waals surface area contributed by atoms with Gasteiger partial charge in [-0.2, -0.15) is 10.0 Å². The van der Waals surface area contributed by atoms with Gasteiger partial charge in [0.15, 0.2) is 5.13 Å². The molecule has 2 aromatic carbocycles. The second-order valence-corrected chi connectivity index (χ2v) is 18.5. The van der Waals surface area contributed by atoms with Crippen LogP contribution in [0.15, 0.2) is 47.8 Å². The molecule has 2 heterocycles. The minimum Gasteiger partial charge on any atom is -0.304 e. The number of thiazole rings is 1. The third-order valence-corrected chi connectivity index (χ3v) is 14.3. The molecule has 45 heavy (non-hydrogen) atoms. The van der Waals surface area contributed by atoms with Crippen molar-refractivity contribution < 1.29 is 4.79 Å². The van der Waals surface area contributed by atoms with Crippen molar-refractivity contribution in [3.8, 4) is 34.3 Å². The summed E-state index contributed by atoms with van der Waals surface area (Å²) in [5, 5.41) is 10.9. The fourth-order valence-electron chi connectivity index (χ4n) is 5.93. The number of aromatic nitrogens is 1. The average molecular weight is 643 g/mol. The highest BCUT2D eigenvalue weighted by Crippen LogP contribution is 2.59. The summed E-state index contributed by atoms with van der Waals surface area (Å²) in [6, 6.07) is 14.2. The number of nitrogens with one attached hydrogen (secondary N) is 1. The number of rotatable bonds is 8. The molecular formula is C38H50N4OS2. The van der Waals surface area contributed by atoms with Crippen molar-refractivity contribution in [1.82, 2.24) is 14.8 Å². The van der Waals surface area contributed by atoms with Gasteiger partial charge < -0.3 is 4.90 Å². The molecule has 4 rings (SSSR count). The van der Waals surface area contributed by atoms with Gasteiger partial charge in [-0.15, -0.1) is 11.3 Å². The molecule has 240 valence electrons. The Balaban J connectivity index is 1.54. The molecule has 3 aromatic rings. The van der Waals surface area contributed by atoms with E-state index in [-0.39, 0.29) is 11.8 Å². The molecule has 0 saturated carbocycles. The Morgan fingerprint density at radius 2 is 1.53 bits per heavy atom. The maximum Gasteiger partial charge on any atom is 0.257 e. The van der Waals surface area contributed by atoms with Crippen LogP contribution in [-0.4, -0.2) is 69.7 Å². The maximum atomic E-state index is 13.1. The van der Waals surface area contributed by atoms with Crippen LogP contribution in [0, 0.1) is 28.9 Å². The number of carbonyl (C=O) groups is 1. The molecule has 1 N–H and O–H groups in total. The third-order valence-electron chi connectivity index (χ3n) is 8.46. The minimum atomic E-state index is -1.19. The van der Waals surface area contributed by atoms with E-state index >= 15 is 0 Å². The van der Waals surface area contributed by atoms with Crippen LogP contribution in [0.1, 0.15) is 82.4 Å². The predicted octanol–water partition coefficient (Wildman–Crippen LogP) is 8.16. The molecule has 0 aliphatic carbocycles. The fourth-order valence-corrected chi connectivity index (χ4v) is 10.9. The highest BCUT2D eigenvalue weighted by atomic mass is 32.3. The Morgan fingerprint density at radius 1 is 0.889 bits per heavy atom. The van der Waals surface area contributed by atoms with E-state index in [1.807, 2.05) is 17.5 Å². The number of nitrogens with zero attached hydrogens (tertiary/aromatic N) is 3. The first-order valence-electron chi connectivity index (χ1n) is 16.1. The van der Waals surface area contributed by atoms with Gasteiger partial charge in [-0.05, 0) is 57.9 Å². The van der Waals surface area contributed by atoms with Crippen LogP contribution >= 0.6 is 21.4 Å². The summed E-state index contributed by atoms with van der Waals surface area (Å²) in [7, 11) is 0.975.